The predicted molar refractivity (Wildman–Crippen MR) is 61.1 cm³/mol. The van der Waals surface area contributed by atoms with Gasteiger partial charge in [-0.2, -0.15) is 0 Å². The summed E-state index contributed by atoms with van der Waals surface area (Å²) in [5.74, 6) is 1.25. The molecule has 0 bridgehead atoms. The molecule has 1 rings (SSSR count). The third-order valence-corrected chi connectivity index (χ3v) is 2.50. The van der Waals surface area contributed by atoms with Crippen LogP contribution < -0.4 is 10.5 Å². The Hall–Kier alpha value is -1.06. The fourth-order valence-corrected chi connectivity index (χ4v) is 1.54. The van der Waals surface area contributed by atoms with Crippen molar-refractivity contribution in [3.05, 3.63) is 29.3 Å². The molecule has 1 aromatic rings. The van der Waals surface area contributed by atoms with Gasteiger partial charge in [-0.15, -0.1) is 0 Å². The van der Waals surface area contributed by atoms with Crippen LogP contribution in [0.2, 0.25) is 0 Å². The highest BCUT2D eigenvalue weighted by Gasteiger charge is 2.11. The second-order valence-electron chi connectivity index (χ2n) is 3.95. The van der Waals surface area contributed by atoms with Crippen LogP contribution in [0, 0.1) is 0 Å². The number of aliphatic hydroxyl groups excluding tert-OH is 1. The molecular formula is C12H19NO2. The van der Waals surface area contributed by atoms with E-state index in [0.29, 0.717) is 5.92 Å². The first-order chi connectivity index (χ1) is 7.10. The quantitative estimate of drug-likeness (QED) is 0.795. The molecule has 0 radical (unpaired) electrons. The minimum absolute atomic E-state index is 0.0378. The third kappa shape index (κ3) is 2.70. The van der Waals surface area contributed by atoms with Crippen LogP contribution in [0.15, 0.2) is 18.2 Å². The highest BCUT2D eigenvalue weighted by molar-refractivity contribution is 5.40. The number of methoxy groups -OCH3 is 1. The van der Waals surface area contributed by atoms with Crippen molar-refractivity contribution < 1.29 is 9.84 Å². The summed E-state index contributed by atoms with van der Waals surface area (Å²) in [6.45, 7) is 4.17. The maximum Gasteiger partial charge on any atom is 0.122 e. The molecule has 0 saturated heterocycles. The highest BCUT2D eigenvalue weighted by atomic mass is 16.5. The van der Waals surface area contributed by atoms with Gasteiger partial charge in [-0.25, -0.2) is 0 Å². The second-order valence-corrected chi connectivity index (χ2v) is 3.95. The molecule has 1 unspecified atom stereocenters. The Morgan fingerprint density at radius 2 is 2.07 bits per heavy atom. The van der Waals surface area contributed by atoms with E-state index in [1.165, 1.54) is 0 Å². The second kappa shape index (κ2) is 5.14. The number of hydrogen-bond acceptors (Lipinski definition) is 3. The van der Waals surface area contributed by atoms with Gasteiger partial charge in [0.1, 0.15) is 5.75 Å². The Morgan fingerprint density at radius 1 is 1.40 bits per heavy atom. The summed E-state index contributed by atoms with van der Waals surface area (Å²) in [4.78, 5) is 0. The van der Waals surface area contributed by atoms with Gasteiger partial charge in [0.25, 0.3) is 0 Å². The molecule has 3 heteroatoms. The Labute approximate surface area is 90.9 Å². The van der Waals surface area contributed by atoms with Gasteiger partial charge < -0.3 is 15.6 Å². The van der Waals surface area contributed by atoms with Crippen molar-refractivity contribution in [2.45, 2.75) is 25.8 Å². The van der Waals surface area contributed by atoms with E-state index in [4.69, 9.17) is 15.6 Å². The van der Waals surface area contributed by atoms with Crippen molar-refractivity contribution in [1.82, 2.24) is 0 Å². The fourth-order valence-electron chi connectivity index (χ4n) is 1.54. The van der Waals surface area contributed by atoms with Gasteiger partial charge in [0.15, 0.2) is 0 Å². The van der Waals surface area contributed by atoms with Crippen LogP contribution in [0.3, 0.4) is 0 Å². The molecule has 0 fully saturated rings. The van der Waals surface area contributed by atoms with Gasteiger partial charge in [0, 0.05) is 0 Å². The van der Waals surface area contributed by atoms with Crippen LogP contribution in [-0.2, 0) is 0 Å². The molecule has 0 aliphatic rings. The summed E-state index contributed by atoms with van der Waals surface area (Å²) in [5.41, 5.74) is 7.83. The molecule has 0 amide bonds. The van der Waals surface area contributed by atoms with Crippen LogP contribution in [0.5, 0.6) is 5.75 Å². The van der Waals surface area contributed by atoms with Crippen molar-refractivity contribution in [1.29, 1.82) is 0 Å². The smallest absolute Gasteiger partial charge is 0.122 e. The van der Waals surface area contributed by atoms with Crippen molar-refractivity contribution in [3.8, 4) is 5.75 Å². The van der Waals surface area contributed by atoms with E-state index < -0.39 is 0 Å². The minimum atomic E-state index is -0.312. The number of ether oxygens (including phenoxy) is 1. The van der Waals surface area contributed by atoms with Gasteiger partial charge in [0.2, 0.25) is 0 Å². The Balaban J connectivity index is 3.10. The van der Waals surface area contributed by atoms with Crippen LogP contribution in [0.4, 0.5) is 0 Å². The molecule has 3 nitrogen and oxygen atoms in total. The zero-order chi connectivity index (χ0) is 11.4. The average Bonchev–Trinajstić information content (AvgIpc) is 2.27. The first-order valence-corrected chi connectivity index (χ1v) is 5.14. The van der Waals surface area contributed by atoms with Crippen molar-refractivity contribution >= 4 is 0 Å². The van der Waals surface area contributed by atoms with E-state index >= 15 is 0 Å². The van der Waals surface area contributed by atoms with E-state index in [9.17, 15) is 0 Å². The number of hydrogen-bond donors (Lipinski definition) is 2. The monoisotopic (exact) mass is 209 g/mol. The summed E-state index contributed by atoms with van der Waals surface area (Å²) in [7, 11) is 1.66. The lowest BCUT2D eigenvalue weighted by molar-refractivity contribution is 0.268. The molecule has 84 valence electrons. The lowest BCUT2D eigenvalue weighted by Crippen LogP contribution is -2.14. The van der Waals surface area contributed by atoms with Crippen molar-refractivity contribution in [2.24, 2.45) is 5.73 Å². The SMILES string of the molecule is COc1ccc(C(N)CO)cc1C(C)C. The van der Waals surface area contributed by atoms with Crippen LogP contribution in [-0.4, -0.2) is 18.8 Å². The molecule has 15 heavy (non-hydrogen) atoms. The number of rotatable bonds is 4. The summed E-state index contributed by atoms with van der Waals surface area (Å²) in [5, 5.41) is 8.99. The maximum atomic E-state index is 8.99. The largest absolute Gasteiger partial charge is 0.496 e. The maximum absolute atomic E-state index is 8.99. The topological polar surface area (TPSA) is 55.5 Å². The first-order valence-electron chi connectivity index (χ1n) is 5.14. The van der Waals surface area contributed by atoms with Gasteiger partial charge in [-0.3, -0.25) is 0 Å². The molecule has 3 N–H and O–H groups in total. The molecule has 1 aromatic carbocycles. The third-order valence-electron chi connectivity index (χ3n) is 2.50. The molecule has 0 heterocycles. The first kappa shape index (κ1) is 12.0. The summed E-state index contributed by atoms with van der Waals surface area (Å²) in [6, 6.07) is 5.49. The zero-order valence-corrected chi connectivity index (χ0v) is 9.53. The Bertz CT molecular complexity index is 323. The Morgan fingerprint density at radius 3 is 2.53 bits per heavy atom. The summed E-state index contributed by atoms with van der Waals surface area (Å²) in [6.07, 6.45) is 0. The highest BCUT2D eigenvalue weighted by Crippen LogP contribution is 2.28. The van der Waals surface area contributed by atoms with E-state index in [0.717, 1.165) is 16.9 Å². The standard InChI is InChI=1S/C12H19NO2/c1-8(2)10-6-9(11(13)7-14)4-5-12(10)15-3/h4-6,8,11,14H,7,13H2,1-3H3. The molecule has 0 aromatic heterocycles. The van der Waals surface area contributed by atoms with E-state index in [2.05, 4.69) is 13.8 Å². The van der Waals surface area contributed by atoms with Gasteiger partial charge in [0.05, 0.1) is 19.8 Å². The molecule has 0 aliphatic carbocycles. The lowest BCUT2D eigenvalue weighted by atomic mass is 9.97. The van der Waals surface area contributed by atoms with Crippen molar-refractivity contribution in [3.63, 3.8) is 0 Å². The molecule has 1 atom stereocenters. The van der Waals surface area contributed by atoms with Gasteiger partial charge in [-0.05, 0) is 23.1 Å². The summed E-state index contributed by atoms with van der Waals surface area (Å²) < 4.78 is 5.27. The van der Waals surface area contributed by atoms with Gasteiger partial charge >= 0.3 is 0 Å². The van der Waals surface area contributed by atoms with E-state index in [-0.39, 0.29) is 12.6 Å². The Kier molecular flexibility index (Phi) is 4.12. The summed E-state index contributed by atoms with van der Waals surface area (Å²) >= 11 is 0. The number of aliphatic hydroxyl groups is 1. The van der Waals surface area contributed by atoms with Gasteiger partial charge in [-0.1, -0.05) is 26.0 Å². The molecule has 0 spiro atoms. The fraction of sp³-hybridized carbons (Fsp3) is 0.500. The normalized spacial score (nSPS) is 12.9. The van der Waals surface area contributed by atoms with E-state index in [1.807, 2.05) is 18.2 Å². The molecule has 0 saturated carbocycles. The zero-order valence-electron chi connectivity index (χ0n) is 9.53. The van der Waals surface area contributed by atoms with Crippen LogP contribution in [0.25, 0.3) is 0 Å². The minimum Gasteiger partial charge on any atom is -0.496 e. The lowest BCUT2D eigenvalue weighted by Gasteiger charge is -2.15. The predicted octanol–water partition coefficient (Wildman–Crippen LogP) is 1.81. The number of benzene rings is 1. The van der Waals surface area contributed by atoms with Crippen LogP contribution >= 0.6 is 0 Å². The van der Waals surface area contributed by atoms with Crippen molar-refractivity contribution in [2.75, 3.05) is 13.7 Å². The van der Waals surface area contributed by atoms with Crippen LogP contribution in [0.1, 0.15) is 36.9 Å². The molecular weight excluding hydrogens is 190 g/mol. The number of nitrogens with two attached hydrogens (primary N) is 1. The average molecular weight is 209 g/mol. The van der Waals surface area contributed by atoms with E-state index in [1.54, 1.807) is 7.11 Å². The molecule has 0 aliphatic heterocycles.